The molecule has 0 radical (unpaired) electrons. The number of hydrogen-bond donors (Lipinski definition) is 1. The number of halogens is 1. The first kappa shape index (κ1) is 19.0. The summed E-state index contributed by atoms with van der Waals surface area (Å²) in [6.45, 7) is 2.05. The average molecular weight is 444 g/mol. The zero-order chi connectivity index (χ0) is 21.4. The molecule has 0 spiro atoms. The Morgan fingerprint density at radius 1 is 1.26 bits per heavy atom. The first-order chi connectivity index (χ1) is 14.9. The lowest BCUT2D eigenvalue weighted by molar-refractivity contribution is 0.0692. The van der Waals surface area contributed by atoms with E-state index in [-0.39, 0.29) is 6.04 Å². The molecule has 4 heterocycles. The third-order valence-corrected chi connectivity index (χ3v) is 8.51. The number of aromatic nitrogens is 3. The normalized spacial score (nSPS) is 22.0. The molecule has 1 saturated heterocycles. The van der Waals surface area contributed by atoms with Crippen molar-refractivity contribution in [2.45, 2.75) is 23.6 Å². The predicted molar refractivity (Wildman–Crippen MR) is 112 cm³/mol. The molecule has 1 saturated carbocycles. The zero-order valence-corrected chi connectivity index (χ0v) is 17.7. The van der Waals surface area contributed by atoms with Gasteiger partial charge in [-0.05, 0) is 31.0 Å². The molecule has 10 heteroatoms. The van der Waals surface area contributed by atoms with Crippen molar-refractivity contribution in [1.82, 2.24) is 15.0 Å². The van der Waals surface area contributed by atoms with Crippen LogP contribution in [0.3, 0.4) is 0 Å². The Morgan fingerprint density at radius 3 is 2.87 bits per heavy atom. The summed E-state index contributed by atoms with van der Waals surface area (Å²) >= 11 is 0. The molecule has 3 aliphatic rings. The number of rotatable bonds is 3. The van der Waals surface area contributed by atoms with Crippen molar-refractivity contribution in [3.8, 4) is 17.1 Å². The van der Waals surface area contributed by atoms with E-state index >= 15 is 0 Å². The van der Waals surface area contributed by atoms with Gasteiger partial charge in [-0.25, -0.2) is 22.8 Å². The minimum Gasteiger partial charge on any atom is -0.486 e. The van der Waals surface area contributed by atoms with E-state index in [9.17, 15) is 12.8 Å². The summed E-state index contributed by atoms with van der Waals surface area (Å²) in [5.74, 6) is 0.857. The van der Waals surface area contributed by atoms with Crippen LogP contribution in [0.2, 0.25) is 0 Å². The van der Waals surface area contributed by atoms with E-state index in [1.54, 1.807) is 6.20 Å². The second kappa shape index (κ2) is 6.39. The fraction of sp³-hybridized carbons (Fsp3) is 0.429. The number of aromatic amines is 1. The number of H-pyrrole nitrogens is 1. The Kier molecular flexibility index (Phi) is 3.92. The minimum atomic E-state index is -3.44. The summed E-state index contributed by atoms with van der Waals surface area (Å²) in [5.41, 5.74) is 1.52. The lowest BCUT2D eigenvalue weighted by Crippen LogP contribution is -2.52. The molecule has 31 heavy (non-hydrogen) atoms. The number of ether oxygens (including phenoxy) is 2. The van der Waals surface area contributed by atoms with Crippen molar-refractivity contribution < 1.29 is 22.3 Å². The van der Waals surface area contributed by atoms with Gasteiger partial charge < -0.3 is 19.4 Å². The zero-order valence-electron chi connectivity index (χ0n) is 16.9. The van der Waals surface area contributed by atoms with E-state index in [0.717, 1.165) is 5.39 Å². The van der Waals surface area contributed by atoms with E-state index in [4.69, 9.17) is 19.4 Å². The van der Waals surface area contributed by atoms with Crippen LogP contribution in [-0.2, 0) is 19.3 Å². The number of anilines is 1. The number of fused-ring (bicyclic) bond motifs is 4. The summed E-state index contributed by atoms with van der Waals surface area (Å²) < 4.78 is 50.4. The highest BCUT2D eigenvalue weighted by Crippen LogP contribution is 2.56. The van der Waals surface area contributed by atoms with Crippen LogP contribution in [0.25, 0.3) is 22.3 Å². The van der Waals surface area contributed by atoms with Crippen LogP contribution in [0.5, 0.6) is 5.75 Å². The predicted octanol–water partition coefficient (Wildman–Crippen LogP) is 2.40. The molecular weight excluding hydrogens is 423 g/mol. The number of nitrogens with zero attached hydrogens (tertiary/aromatic N) is 3. The van der Waals surface area contributed by atoms with Gasteiger partial charge in [0.2, 0.25) is 0 Å². The Bertz CT molecular complexity index is 1320. The number of morpholine rings is 1. The summed E-state index contributed by atoms with van der Waals surface area (Å²) in [4.78, 5) is 14.6. The van der Waals surface area contributed by atoms with Gasteiger partial charge in [0.05, 0.1) is 19.3 Å². The second-order valence-electron chi connectivity index (χ2n) is 8.44. The molecule has 2 fully saturated rings. The molecule has 1 aliphatic carbocycles. The Hall–Kier alpha value is -2.72. The molecule has 2 aliphatic heterocycles. The molecule has 162 valence electrons. The molecular formula is C21H21FN4O4S. The minimum absolute atomic E-state index is 0.00924. The monoisotopic (exact) mass is 444 g/mol. The van der Waals surface area contributed by atoms with Gasteiger partial charge in [0, 0.05) is 35.5 Å². The van der Waals surface area contributed by atoms with Crippen molar-refractivity contribution in [3.63, 3.8) is 0 Å². The maximum atomic E-state index is 14.4. The quantitative estimate of drug-likeness (QED) is 0.662. The molecule has 2 aromatic heterocycles. The molecule has 0 bridgehead atoms. The maximum absolute atomic E-state index is 14.4. The highest BCUT2D eigenvalue weighted by Gasteiger charge is 2.58. The van der Waals surface area contributed by atoms with Crippen LogP contribution >= 0.6 is 0 Å². The van der Waals surface area contributed by atoms with Gasteiger partial charge in [0.1, 0.15) is 22.9 Å². The molecule has 0 unspecified atom stereocenters. The summed E-state index contributed by atoms with van der Waals surface area (Å²) in [5, 5.41) is 0.770. The van der Waals surface area contributed by atoms with Crippen molar-refractivity contribution in [2.24, 2.45) is 0 Å². The highest BCUT2D eigenvalue weighted by molar-refractivity contribution is 7.92. The lowest BCUT2D eigenvalue weighted by atomic mass is 10.1. The van der Waals surface area contributed by atoms with Gasteiger partial charge in [-0.15, -0.1) is 0 Å². The van der Waals surface area contributed by atoms with Gasteiger partial charge in [-0.3, -0.25) is 0 Å². The van der Waals surface area contributed by atoms with E-state index in [1.807, 2.05) is 6.07 Å². The first-order valence-corrected chi connectivity index (χ1v) is 12.1. The number of hydrogen-bond acceptors (Lipinski definition) is 7. The standard InChI is InChI=1S/C21H21FN4O4S/c1-31(27,28)21(3-4-21)18-17-20(26-6-7-29-10-13(26)11-30-17)25-19(24-18)15-8-12(22)9-16-14(15)2-5-23-16/h2,5,8-9,13,23H,3-4,6-7,10-11H2,1H3/t13-/m0/s1. The van der Waals surface area contributed by atoms with Crippen LogP contribution < -0.4 is 9.64 Å². The third-order valence-electron chi connectivity index (χ3n) is 6.49. The van der Waals surface area contributed by atoms with Crippen molar-refractivity contribution >= 4 is 26.6 Å². The molecule has 0 amide bonds. The average Bonchev–Trinajstić information content (AvgIpc) is 3.45. The molecule has 6 rings (SSSR count). The van der Waals surface area contributed by atoms with Gasteiger partial charge >= 0.3 is 0 Å². The van der Waals surface area contributed by atoms with E-state index in [0.29, 0.717) is 73.4 Å². The van der Waals surface area contributed by atoms with Crippen molar-refractivity contribution in [2.75, 3.05) is 37.5 Å². The highest BCUT2D eigenvalue weighted by atomic mass is 32.2. The maximum Gasteiger partial charge on any atom is 0.185 e. The first-order valence-electron chi connectivity index (χ1n) is 10.2. The number of nitrogens with one attached hydrogen (secondary N) is 1. The van der Waals surface area contributed by atoms with Gasteiger partial charge in [-0.2, -0.15) is 0 Å². The topological polar surface area (TPSA) is 97.4 Å². The molecule has 1 N–H and O–H groups in total. The molecule has 1 atom stereocenters. The molecule has 3 aromatic rings. The summed E-state index contributed by atoms with van der Waals surface area (Å²) in [6, 6.07) is 4.63. The van der Waals surface area contributed by atoms with Crippen molar-refractivity contribution in [3.05, 3.63) is 35.9 Å². The second-order valence-corrected chi connectivity index (χ2v) is 10.8. The Labute approximate surface area is 178 Å². The summed E-state index contributed by atoms with van der Waals surface area (Å²) in [6.07, 6.45) is 3.93. The Morgan fingerprint density at radius 2 is 2.10 bits per heavy atom. The van der Waals surface area contributed by atoms with Crippen LogP contribution in [0.1, 0.15) is 18.5 Å². The van der Waals surface area contributed by atoms with Crippen LogP contribution in [0, 0.1) is 5.82 Å². The molecule has 1 aromatic carbocycles. The Balaban J connectivity index is 1.63. The van der Waals surface area contributed by atoms with E-state index in [1.165, 1.54) is 18.4 Å². The van der Waals surface area contributed by atoms with Crippen LogP contribution in [0.4, 0.5) is 10.2 Å². The smallest absolute Gasteiger partial charge is 0.185 e. The lowest BCUT2D eigenvalue weighted by Gasteiger charge is -2.41. The van der Waals surface area contributed by atoms with Crippen LogP contribution in [0.15, 0.2) is 24.4 Å². The fourth-order valence-electron chi connectivity index (χ4n) is 4.66. The molecule has 8 nitrogen and oxygen atoms in total. The SMILES string of the molecule is CS(=O)(=O)C1(c2nc(-c3cc(F)cc4[nH]ccc34)nc3c2OC[C@@H]2COCCN32)CC1. The largest absolute Gasteiger partial charge is 0.486 e. The van der Waals surface area contributed by atoms with Crippen molar-refractivity contribution in [1.29, 1.82) is 0 Å². The van der Waals surface area contributed by atoms with E-state index in [2.05, 4.69) is 9.88 Å². The van der Waals surface area contributed by atoms with Gasteiger partial charge in [0.25, 0.3) is 0 Å². The van der Waals surface area contributed by atoms with Gasteiger partial charge in [-0.1, -0.05) is 0 Å². The van der Waals surface area contributed by atoms with E-state index < -0.39 is 20.4 Å². The van der Waals surface area contributed by atoms with Gasteiger partial charge in [0.15, 0.2) is 27.2 Å². The van der Waals surface area contributed by atoms with Crippen LogP contribution in [-0.4, -0.2) is 62.0 Å². The number of benzene rings is 1. The number of sulfone groups is 1. The fourth-order valence-corrected chi connectivity index (χ4v) is 5.99. The third kappa shape index (κ3) is 2.77. The summed E-state index contributed by atoms with van der Waals surface area (Å²) in [7, 11) is -3.44.